The molecular formula is C11H14O3. The van der Waals surface area contributed by atoms with Crippen LogP contribution >= 0.6 is 0 Å². The lowest BCUT2D eigenvalue weighted by molar-refractivity contribution is -0.143. The van der Waals surface area contributed by atoms with Crippen LogP contribution in [0.4, 0.5) is 0 Å². The van der Waals surface area contributed by atoms with Gasteiger partial charge in [0.05, 0.1) is 0 Å². The summed E-state index contributed by atoms with van der Waals surface area (Å²) in [5.41, 5.74) is -1.01. The van der Waals surface area contributed by atoms with E-state index in [4.69, 9.17) is 0 Å². The fourth-order valence-corrected chi connectivity index (χ4v) is 1.12. The summed E-state index contributed by atoms with van der Waals surface area (Å²) < 4.78 is 0. The first kappa shape index (κ1) is 10.9. The van der Waals surface area contributed by atoms with E-state index in [-0.39, 0.29) is 0 Å². The highest BCUT2D eigenvalue weighted by atomic mass is 16.3. The first-order valence-electron chi connectivity index (χ1n) is 4.42. The molecule has 2 N–H and O–H groups in total. The van der Waals surface area contributed by atoms with Gasteiger partial charge >= 0.3 is 0 Å². The zero-order valence-electron chi connectivity index (χ0n) is 8.27. The number of hydrogen-bond donors (Lipinski definition) is 2. The molecule has 14 heavy (non-hydrogen) atoms. The molecule has 0 spiro atoms. The maximum absolute atomic E-state index is 11.5. The van der Waals surface area contributed by atoms with E-state index in [9.17, 15) is 15.0 Å². The molecule has 1 atom stereocenters. The molecule has 1 rings (SSSR count). The van der Waals surface area contributed by atoms with Crippen LogP contribution in [0.3, 0.4) is 0 Å². The van der Waals surface area contributed by atoms with Crippen molar-refractivity contribution in [1.82, 2.24) is 0 Å². The third kappa shape index (κ3) is 2.40. The van der Waals surface area contributed by atoms with E-state index in [2.05, 4.69) is 0 Å². The van der Waals surface area contributed by atoms with Gasteiger partial charge in [0.1, 0.15) is 11.7 Å². The fraction of sp³-hybridized carbons (Fsp3) is 0.364. The van der Waals surface area contributed by atoms with Crippen LogP contribution in [0.25, 0.3) is 0 Å². The molecule has 3 nitrogen and oxygen atoms in total. The quantitative estimate of drug-likeness (QED) is 0.756. The largest absolute Gasteiger partial charge is 0.383 e. The monoisotopic (exact) mass is 194 g/mol. The van der Waals surface area contributed by atoms with Crippen LogP contribution in [0.5, 0.6) is 0 Å². The van der Waals surface area contributed by atoms with Crippen molar-refractivity contribution in [1.29, 1.82) is 0 Å². The van der Waals surface area contributed by atoms with E-state index in [1.807, 2.05) is 0 Å². The van der Waals surface area contributed by atoms with Gasteiger partial charge in [-0.3, -0.25) is 4.79 Å². The number of rotatable bonds is 3. The molecule has 1 unspecified atom stereocenters. The lowest BCUT2D eigenvalue weighted by Crippen LogP contribution is -2.35. The molecule has 0 aliphatic heterocycles. The Morgan fingerprint density at radius 1 is 1.29 bits per heavy atom. The Kier molecular flexibility index (Phi) is 3.03. The van der Waals surface area contributed by atoms with Gasteiger partial charge in [-0.15, -0.1) is 0 Å². The second kappa shape index (κ2) is 3.90. The molecule has 3 heteroatoms. The minimum Gasteiger partial charge on any atom is -0.383 e. The predicted molar refractivity (Wildman–Crippen MR) is 52.7 cm³/mol. The highest BCUT2D eigenvalue weighted by Crippen LogP contribution is 2.19. The molecule has 76 valence electrons. The molecule has 0 heterocycles. The predicted octanol–water partition coefficient (Wildman–Crippen LogP) is 1.06. The maximum Gasteiger partial charge on any atom is 0.196 e. The molecule has 0 aromatic heterocycles. The van der Waals surface area contributed by atoms with Crippen molar-refractivity contribution < 1.29 is 15.0 Å². The van der Waals surface area contributed by atoms with Crippen molar-refractivity contribution in [2.45, 2.75) is 25.6 Å². The van der Waals surface area contributed by atoms with Crippen molar-refractivity contribution in [3.63, 3.8) is 0 Å². The second-order valence-corrected chi connectivity index (χ2v) is 3.74. The van der Waals surface area contributed by atoms with Crippen molar-refractivity contribution in [2.24, 2.45) is 0 Å². The normalized spacial score (nSPS) is 13.7. The van der Waals surface area contributed by atoms with E-state index in [0.29, 0.717) is 5.56 Å². The summed E-state index contributed by atoms with van der Waals surface area (Å²) in [4.78, 5) is 11.5. The molecule has 1 aromatic rings. The first-order chi connectivity index (χ1) is 6.43. The zero-order valence-corrected chi connectivity index (χ0v) is 8.27. The van der Waals surface area contributed by atoms with Gasteiger partial charge < -0.3 is 10.2 Å². The molecule has 1 aromatic carbocycles. The second-order valence-electron chi connectivity index (χ2n) is 3.74. The molecular weight excluding hydrogens is 180 g/mol. The Morgan fingerprint density at radius 3 is 2.21 bits per heavy atom. The van der Waals surface area contributed by atoms with Crippen molar-refractivity contribution in [2.75, 3.05) is 0 Å². The van der Waals surface area contributed by atoms with Gasteiger partial charge in [0.25, 0.3) is 0 Å². The SMILES string of the molecule is CC(C)(O)C(=O)C(O)c1ccccc1. The van der Waals surface area contributed by atoms with Crippen molar-refractivity contribution in [3.8, 4) is 0 Å². The van der Waals surface area contributed by atoms with Gasteiger partial charge in [0.15, 0.2) is 5.78 Å². The molecule has 0 aliphatic rings. The van der Waals surface area contributed by atoms with Crippen molar-refractivity contribution >= 4 is 5.78 Å². The lowest BCUT2D eigenvalue weighted by Gasteiger charge is -2.19. The third-order valence-corrected chi connectivity index (χ3v) is 1.97. The Labute approximate surface area is 83.0 Å². The van der Waals surface area contributed by atoms with Gasteiger partial charge in [-0.1, -0.05) is 30.3 Å². The number of carbonyl (C=O) groups is 1. The Bertz CT molecular complexity index is 311. The molecule has 0 saturated carbocycles. The van der Waals surface area contributed by atoms with Gasteiger partial charge in [-0.2, -0.15) is 0 Å². The minimum atomic E-state index is -1.50. The number of Topliss-reactive ketones (excluding diaryl/α,β-unsaturated/α-hetero) is 1. The van der Waals surface area contributed by atoms with Crippen LogP contribution in [0.1, 0.15) is 25.5 Å². The smallest absolute Gasteiger partial charge is 0.196 e. The highest BCUT2D eigenvalue weighted by Gasteiger charge is 2.30. The van der Waals surface area contributed by atoms with Crippen molar-refractivity contribution in [3.05, 3.63) is 35.9 Å². The average molecular weight is 194 g/mol. The summed E-state index contributed by atoms with van der Waals surface area (Å²) in [6, 6.07) is 8.56. The molecule has 0 aliphatic carbocycles. The summed E-state index contributed by atoms with van der Waals surface area (Å²) in [7, 11) is 0. The van der Waals surface area contributed by atoms with Crippen LogP contribution in [0.15, 0.2) is 30.3 Å². The molecule has 0 saturated heterocycles. The number of benzene rings is 1. The zero-order chi connectivity index (χ0) is 10.8. The molecule has 0 radical (unpaired) electrons. The molecule has 0 bridgehead atoms. The van der Waals surface area contributed by atoms with Gasteiger partial charge in [0, 0.05) is 0 Å². The summed E-state index contributed by atoms with van der Waals surface area (Å²) in [5, 5.41) is 19.0. The van der Waals surface area contributed by atoms with Gasteiger partial charge in [-0.05, 0) is 19.4 Å². The fourth-order valence-electron chi connectivity index (χ4n) is 1.12. The van der Waals surface area contributed by atoms with Crippen LogP contribution in [-0.2, 0) is 4.79 Å². The van der Waals surface area contributed by atoms with Gasteiger partial charge in [0.2, 0.25) is 0 Å². The van der Waals surface area contributed by atoms with E-state index in [1.54, 1.807) is 30.3 Å². The van der Waals surface area contributed by atoms with E-state index < -0.39 is 17.5 Å². The Hall–Kier alpha value is -1.19. The van der Waals surface area contributed by atoms with Gasteiger partial charge in [-0.25, -0.2) is 0 Å². The summed E-state index contributed by atoms with van der Waals surface area (Å²) in [6.45, 7) is 2.73. The number of aliphatic hydroxyl groups is 2. The third-order valence-electron chi connectivity index (χ3n) is 1.97. The number of carbonyl (C=O) groups excluding carboxylic acids is 1. The molecule has 0 amide bonds. The first-order valence-corrected chi connectivity index (χ1v) is 4.42. The van der Waals surface area contributed by atoms with Crippen LogP contribution < -0.4 is 0 Å². The van der Waals surface area contributed by atoms with E-state index in [0.717, 1.165) is 0 Å². The molecule has 0 fully saturated rings. The number of ketones is 1. The van der Waals surface area contributed by atoms with Crippen LogP contribution in [0, 0.1) is 0 Å². The average Bonchev–Trinajstić information content (AvgIpc) is 2.15. The number of aliphatic hydroxyl groups excluding tert-OH is 1. The Morgan fingerprint density at radius 2 is 1.79 bits per heavy atom. The maximum atomic E-state index is 11.5. The van der Waals surface area contributed by atoms with E-state index in [1.165, 1.54) is 13.8 Å². The standard InChI is InChI=1S/C11H14O3/c1-11(2,14)10(13)9(12)8-6-4-3-5-7-8/h3-7,9,12,14H,1-2H3. The Balaban J connectivity index is 2.87. The lowest BCUT2D eigenvalue weighted by atomic mass is 9.94. The summed E-state index contributed by atoms with van der Waals surface area (Å²) in [6.07, 6.45) is -1.25. The summed E-state index contributed by atoms with van der Waals surface area (Å²) >= 11 is 0. The van der Waals surface area contributed by atoms with Crippen LogP contribution in [0.2, 0.25) is 0 Å². The topological polar surface area (TPSA) is 57.5 Å². The van der Waals surface area contributed by atoms with Crippen LogP contribution in [-0.4, -0.2) is 21.6 Å². The number of hydrogen-bond acceptors (Lipinski definition) is 3. The summed E-state index contributed by atoms with van der Waals surface area (Å²) in [5.74, 6) is -0.594. The highest BCUT2D eigenvalue weighted by molar-refractivity contribution is 5.90. The van der Waals surface area contributed by atoms with E-state index >= 15 is 0 Å². The minimum absolute atomic E-state index is 0.500.